The fourth-order valence-electron chi connectivity index (χ4n) is 3.95. The highest BCUT2D eigenvalue weighted by Gasteiger charge is 2.39. The molecule has 2 fully saturated rings. The first-order valence-electron chi connectivity index (χ1n) is 7.40. The Bertz CT molecular complexity index is 701. The minimum absolute atomic E-state index is 0.550. The molecule has 0 saturated heterocycles. The molecule has 3 heteroatoms. The second kappa shape index (κ2) is 4.49. The minimum Gasteiger partial charge on any atom is -0.367 e. The second-order valence-corrected chi connectivity index (χ2v) is 6.11. The number of rotatable bonds is 2. The average molecular weight is 263 g/mol. The SMILES string of the molecule is N#Cc1cc(NC2CC3CCC2C3)nc2ccccc12. The third-order valence-electron chi connectivity index (χ3n) is 4.91. The van der Waals surface area contributed by atoms with Gasteiger partial charge in [0, 0.05) is 11.4 Å². The van der Waals surface area contributed by atoms with Crippen LogP contribution in [0.2, 0.25) is 0 Å². The quantitative estimate of drug-likeness (QED) is 0.898. The number of nitrogens with one attached hydrogen (secondary N) is 1. The number of anilines is 1. The van der Waals surface area contributed by atoms with Gasteiger partial charge in [-0.25, -0.2) is 4.98 Å². The van der Waals surface area contributed by atoms with Gasteiger partial charge in [-0.2, -0.15) is 5.26 Å². The molecule has 2 aliphatic rings. The molecule has 2 aromatic rings. The Morgan fingerprint density at radius 2 is 2.10 bits per heavy atom. The number of nitrogens with zero attached hydrogens (tertiary/aromatic N) is 2. The maximum Gasteiger partial charge on any atom is 0.128 e. The topological polar surface area (TPSA) is 48.7 Å². The van der Waals surface area contributed by atoms with Gasteiger partial charge in [0.25, 0.3) is 0 Å². The Labute approximate surface area is 118 Å². The van der Waals surface area contributed by atoms with E-state index in [0.717, 1.165) is 28.6 Å². The average Bonchev–Trinajstić information content (AvgIpc) is 3.09. The van der Waals surface area contributed by atoms with Crippen molar-refractivity contribution in [2.45, 2.75) is 31.7 Å². The van der Waals surface area contributed by atoms with Crippen LogP contribution in [0.5, 0.6) is 0 Å². The summed E-state index contributed by atoms with van der Waals surface area (Å²) in [5.41, 5.74) is 1.61. The van der Waals surface area contributed by atoms with E-state index in [4.69, 9.17) is 0 Å². The molecule has 1 heterocycles. The van der Waals surface area contributed by atoms with E-state index < -0.39 is 0 Å². The molecule has 4 rings (SSSR count). The van der Waals surface area contributed by atoms with E-state index >= 15 is 0 Å². The Balaban J connectivity index is 1.68. The molecule has 2 saturated carbocycles. The highest BCUT2D eigenvalue weighted by atomic mass is 15.0. The molecule has 1 N–H and O–H groups in total. The summed E-state index contributed by atoms with van der Waals surface area (Å²) in [6.45, 7) is 0. The molecular weight excluding hydrogens is 246 g/mol. The summed E-state index contributed by atoms with van der Waals surface area (Å²) in [6, 6.07) is 12.6. The van der Waals surface area contributed by atoms with Crippen molar-refractivity contribution < 1.29 is 0 Å². The van der Waals surface area contributed by atoms with Crippen LogP contribution in [0.3, 0.4) is 0 Å². The summed E-state index contributed by atoms with van der Waals surface area (Å²) in [7, 11) is 0. The molecule has 1 aromatic heterocycles. The lowest BCUT2D eigenvalue weighted by molar-refractivity contribution is 0.439. The smallest absolute Gasteiger partial charge is 0.128 e. The summed E-state index contributed by atoms with van der Waals surface area (Å²) in [5.74, 6) is 2.57. The largest absolute Gasteiger partial charge is 0.367 e. The van der Waals surface area contributed by atoms with E-state index in [1.54, 1.807) is 0 Å². The summed E-state index contributed by atoms with van der Waals surface area (Å²) in [4.78, 5) is 4.67. The number of aromatic nitrogens is 1. The van der Waals surface area contributed by atoms with Gasteiger partial charge in [-0.15, -0.1) is 0 Å². The summed E-state index contributed by atoms with van der Waals surface area (Å²) in [5, 5.41) is 13.8. The zero-order valence-corrected chi connectivity index (χ0v) is 11.3. The van der Waals surface area contributed by atoms with Crippen LogP contribution < -0.4 is 5.32 Å². The number of hydrogen-bond donors (Lipinski definition) is 1. The lowest BCUT2D eigenvalue weighted by atomic mass is 9.95. The van der Waals surface area contributed by atoms with E-state index in [1.807, 2.05) is 30.3 Å². The minimum atomic E-state index is 0.550. The normalized spacial score (nSPS) is 27.6. The van der Waals surface area contributed by atoms with E-state index in [-0.39, 0.29) is 0 Å². The van der Waals surface area contributed by atoms with Crippen LogP contribution in [0.1, 0.15) is 31.2 Å². The maximum absolute atomic E-state index is 9.32. The number of benzene rings is 1. The number of fused-ring (bicyclic) bond motifs is 3. The van der Waals surface area contributed by atoms with Gasteiger partial charge in [-0.3, -0.25) is 0 Å². The molecule has 3 nitrogen and oxygen atoms in total. The van der Waals surface area contributed by atoms with E-state index in [2.05, 4.69) is 16.4 Å². The molecule has 20 heavy (non-hydrogen) atoms. The van der Waals surface area contributed by atoms with Crippen molar-refractivity contribution in [3.05, 3.63) is 35.9 Å². The first-order valence-corrected chi connectivity index (χ1v) is 7.40. The standard InChI is InChI=1S/C17H17N3/c18-10-13-9-17(19-15-4-2-1-3-14(13)15)20-16-8-11-5-6-12(16)7-11/h1-4,9,11-12,16H,5-8H2,(H,19,20). The summed E-state index contributed by atoms with van der Waals surface area (Å²) < 4.78 is 0. The Kier molecular flexibility index (Phi) is 2.63. The molecule has 0 spiro atoms. The van der Waals surface area contributed by atoms with Crippen molar-refractivity contribution in [2.75, 3.05) is 5.32 Å². The van der Waals surface area contributed by atoms with Crippen LogP contribution in [0.25, 0.3) is 10.9 Å². The first kappa shape index (κ1) is 11.7. The number of nitriles is 1. The molecule has 3 unspecified atom stereocenters. The highest BCUT2D eigenvalue weighted by molar-refractivity contribution is 5.86. The Hall–Kier alpha value is -2.08. The molecule has 2 aliphatic carbocycles. The van der Waals surface area contributed by atoms with Gasteiger partial charge >= 0.3 is 0 Å². The van der Waals surface area contributed by atoms with Crippen LogP contribution in [-0.2, 0) is 0 Å². The van der Waals surface area contributed by atoms with Gasteiger partial charge in [0.1, 0.15) is 5.82 Å². The molecule has 100 valence electrons. The number of para-hydroxylation sites is 1. The van der Waals surface area contributed by atoms with E-state index in [9.17, 15) is 5.26 Å². The summed E-state index contributed by atoms with van der Waals surface area (Å²) >= 11 is 0. The lowest BCUT2D eigenvalue weighted by Crippen LogP contribution is -2.26. The fraction of sp³-hybridized carbons (Fsp3) is 0.412. The highest BCUT2D eigenvalue weighted by Crippen LogP contribution is 2.45. The maximum atomic E-state index is 9.32. The van der Waals surface area contributed by atoms with Crippen molar-refractivity contribution >= 4 is 16.7 Å². The van der Waals surface area contributed by atoms with Crippen LogP contribution in [0, 0.1) is 23.2 Å². The molecule has 0 aliphatic heterocycles. The molecule has 0 amide bonds. The Morgan fingerprint density at radius 3 is 2.85 bits per heavy atom. The van der Waals surface area contributed by atoms with E-state index in [1.165, 1.54) is 25.7 Å². The van der Waals surface area contributed by atoms with Crippen LogP contribution in [0.15, 0.2) is 30.3 Å². The van der Waals surface area contributed by atoms with Crippen molar-refractivity contribution in [3.8, 4) is 6.07 Å². The molecule has 0 radical (unpaired) electrons. The van der Waals surface area contributed by atoms with Gasteiger partial charge in [0.15, 0.2) is 0 Å². The van der Waals surface area contributed by atoms with Gasteiger partial charge in [-0.1, -0.05) is 24.6 Å². The third kappa shape index (κ3) is 1.84. The van der Waals surface area contributed by atoms with E-state index in [0.29, 0.717) is 11.6 Å². The van der Waals surface area contributed by atoms with Crippen molar-refractivity contribution in [3.63, 3.8) is 0 Å². The predicted octanol–water partition coefficient (Wildman–Crippen LogP) is 3.71. The Morgan fingerprint density at radius 1 is 1.20 bits per heavy atom. The third-order valence-corrected chi connectivity index (χ3v) is 4.91. The number of hydrogen-bond acceptors (Lipinski definition) is 3. The van der Waals surface area contributed by atoms with Gasteiger partial charge in [0.05, 0.1) is 17.1 Å². The molecule has 2 bridgehead atoms. The molecule has 3 atom stereocenters. The monoisotopic (exact) mass is 263 g/mol. The van der Waals surface area contributed by atoms with Crippen LogP contribution in [0.4, 0.5) is 5.82 Å². The van der Waals surface area contributed by atoms with Crippen LogP contribution >= 0.6 is 0 Å². The van der Waals surface area contributed by atoms with Crippen molar-refractivity contribution in [2.24, 2.45) is 11.8 Å². The van der Waals surface area contributed by atoms with Gasteiger partial charge in [0.2, 0.25) is 0 Å². The zero-order chi connectivity index (χ0) is 13.5. The predicted molar refractivity (Wildman–Crippen MR) is 79.3 cm³/mol. The second-order valence-electron chi connectivity index (χ2n) is 6.11. The number of pyridine rings is 1. The molecular formula is C17H17N3. The van der Waals surface area contributed by atoms with Crippen molar-refractivity contribution in [1.29, 1.82) is 5.26 Å². The van der Waals surface area contributed by atoms with Crippen molar-refractivity contribution in [1.82, 2.24) is 4.98 Å². The first-order chi connectivity index (χ1) is 9.83. The van der Waals surface area contributed by atoms with Gasteiger partial charge in [-0.05, 0) is 43.2 Å². The molecule has 1 aromatic carbocycles. The zero-order valence-electron chi connectivity index (χ0n) is 11.3. The lowest BCUT2D eigenvalue weighted by Gasteiger charge is -2.23. The van der Waals surface area contributed by atoms with Gasteiger partial charge < -0.3 is 5.32 Å². The fourth-order valence-corrected chi connectivity index (χ4v) is 3.95. The van der Waals surface area contributed by atoms with Crippen LogP contribution in [-0.4, -0.2) is 11.0 Å². The summed E-state index contributed by atoms with van der Waals surface area (Å²) in [6.07, 6.45) is 5.38.